The second-order valence-electron chi connectivity index (χ2n) is 5.28. The van der Waals surface area contributed by atoms with Crippen LogP contribution in [0.1, 0.15) is 37.2 Å². The summed E-state index contributed by atoms with van der Waals surface area (Å²) < 4.78 is 13.6. The maximum Gasteiger partial charge on any atom is 0.189 e. The van der Waals surface area contributed by atoms with Crippen molar-refractivity contribution in [2.24, 2.45) is 10.7 Å². The number of aliphatic imine (C=N–C) groups is 1. The van der Waals surface area contributed by atoms with E-state index in [-0.39, 0.29) is 5.82 Å². The molecule has 2 fully saturated rings. The first-order valence-electron chi connectivity index (χ1n) is 6.56. The van der Waals surface area contributed by atoms with Crippen LogP contribution in [0.25, 0.3) is 0 Å². The average Bonchev–Trinajstić information content (AvgIpc) is 3.08. The molecular weight excluding hydrogens is 229 g/mol. The molecule has 2 aliphatic carbocycles. The zero-order valence-corrected chi connectivity index (χ0v) is 10.3. The van der Waals surface area contributed by atoms with Crippen LogP contribution in [-0.4, -0.2) is 18.0 Å². The van der Waals surface area contributed by atoms with E-state index in [1.807, 2.05) is 12.1 Å². The number of benzene rings is 1. The Balaban J connectivity index is 1.52. The van der Waals surface area contributed by atoms with Crippen LogP contribution in [0.4, 0.5) is 4.39 Å². The lowest BCUT2D eigenvalue weighted by molar-refractivity contribution is 0.316. The van der Waals surface area contributed by atoms with E-state index in [0.717, 1.165) is 31.2 Å². The van der Waals surface area contributed by atoms with Crippen LogP contribution >= 0.6 is 0 Å². The Labute approximate surface area is 106 Å². The van der Waals surface area contributed by atoms with Crippen LogP contribution in [-0.2, 0) is 0 Å². The molecule has 1 aromatic rings. The largest absolute Gasteiger partial charge is 0.370 e. The highest BCUT2D eigenvalue weighted by Gasteiger charge is 2.32. The average molecular weight is 247 g/mol. The van der Waals surface area contributed by atoms with Crippen molar-refractivity contribution < 1.29 is 4.39 Å². The van der Waals surface area contributed by atoms with Gasteiger partial charge in [0.15, 0.2) is 5.96 Å². The maximum absolute atomic E-state index is 13.6. The predicted molar refractivity (Wildman–Crippen MR) is 69.9 cm³/mol. The number of nitrogens with zero attached hydrogens (tertiary/aromatic N) is 1. The molecule has 3 rings (SSSR count). The fourth-order valence-electron chi connectivity index (χ4n) is 2.44. The summed E-state index contributed by atoms with van der Waals surface area (Å²) in [5.74, 6) is 0.771. The number of hydrogen-bond donors (Lipinski definition) is 2. The molecule has 0 bridgehead atoms. The normalized spacial score (nSPS) is 27.7. The molecule has 0 aliphatic heterocycles. The van der Waals surface area contributed by atoms with Gasteiger partial charge >= 0.3 is 0 Å². The van der Waals surface area contributed by atoms with Crippen molar-refractivity contribution in [3.8, 4) is 0 Å². The van der Waals surface area contributed by atoms with Gasteiger partial charge in [0.1, 0.15) is 5.82 Å². The molecular formula is C14H18FN3. The number of hydrogen-bond acceptors (Lipinski definition) is 1. The van der Waals surface area contributed by atoms with E-state index in [1.54, 1.807) is 6.07 Å². The smallest absolute Gasteiger partial charge is 0.189 e. The van der Waals surface area contributed by atoms with Crippen LogP contribution in [0.2, 0.25) is 0 Å². The van der Waals surface area contributed by atoms with Crippen LogP contribution < -0.4 is 11.1 Å². The van der Waals surface area contributed by atoms with Gasteiger partial charge in [-0.3, -0.25) is 4.99 Å². The van der Waals surface area contributed by atoms with Gasteiger partial charge in [-0.1, -0.05) is 18.2 Å². The molecule has 0 saturated heterocycles. The van der Waals surface area contributed by atoms with Gasteiger partial charge in [-0.2, -0.15) is 0 Å². The molecule has 0 radical (unpaired) electrons. The molecule has 1 aromatic carbocycles. The van der Waals surface area contributed by atoms with E-state index < -0.39 is 0 Å². The highest BCUT2D eigenvalue weighted by atomic mass is 19.1. The van der Waals surface area contributed by atoms with Crippen LogP contribution in [0, 0.1) is 5.82 Å². The first-order valence-corrected chi connectivity index (χ1v) is 6.56. The van der Waals surface area contributed by atoms with Gasteiger partial charge in [-0.25, -0.2) is 4.39 Å². The third kappa shape index (κ3) is 2.47. The number of nitrogens with one attached hydrogen (secondary N) is 1. The standard InChI is InChI=1S/C14H18FN3/c15-13-4-2-1-3-12(13)9-7-11(8-9)18-14(16)17-10-5-6-10/h1-4,9-11H,5-8H2,(H3,16,17,18). The highest BCUT2D eigenvalue weighted by molar-refractivity contribution is 5.78. The zero-order chi connectivity index (χ0) is 12.5. The molecule has 2 saturated carbocycles. The Bertz CT molecular complexity index is 462. The highest BCUT2D eigenvalue weighted by Crippen LogP contribution is 2.37. The van der Waals surface area contributed by atoms with Gasteiger partial charge in [0.2, 0.25) is 0 Å². The zero-order valence-electron chi connectivity index (χ0n) is 10.3. The van der Waals surface area contributed by atoms with Crippen molar-refractivity contribution >= 4 is 5.96 Å². The summed E-state index contributed by atoms with van der Waals surface area (Å²) in [6.07, 6.45) is 4.18. The van der Waals surface area contributed by atoms with E-state index in [0.29, 0.717) is 24.0 Å². The number of guanidine groups is 1. The first-order chi connectivity index (χ1) is 8.72. The molecule has 0 atom stereocenters. The topological polar surface area (TPSA) is 50.4 Å². The second kappa shape index (κ2) is 4.59. The van der Waals surface area contributed by atoms with E-state index in [2.05, 4.69) is 10.3 Å². The summed E-state index contributed by atoms with van der Waals surface area (Å²) in [7, 11) is 0. The minimum absolute atomic E-state index is 0.0967. The molecule has 18 heavy (non-hydrogen) atoms. The van der Waals surface area contributed by atoms with E-state index in [4.69, 9.17) is 5.73 Å². The van der Waals surface area contributed by atoms with E-state index >= 15 is 0 Å². The molecule has 96 valence electrons. The van der Waals surface area contributed by atoms with E-state index in [9.17, 15) is 4.39 Å². The summed E-state index contributed by atoms with van der Waals surface area (Å²) in [6.45, 7) is 0. The Kier molecular flexibility index (Phi) is 2.94. The number of rotatable bonds is 3. The van der Waals surface area contributed by atoms with Crippen molar-refractivity contribution in [1.82, 2.24) is 5.32 Å². The van der Waals surface area contributed by atoms with Crippen LogP contribution in [0.15, 0.2) is 29.3 Å². The van der Waals surface area contributed by atoms with Crippen molar-refractivity contribution in [3.05, 3.63) is 35.6 Å². The Morgan fingerprint density at radius 2 is 2.00 bits per heavy atom. The van der Waals surface area contributed by atoms with Gasteiger partial charge in [0.05, 0.1) is 6.04 Å². The summed E-state index contributed by atoms with van der Waals surface area (Å²) in [5.41, 5.74) is 6.63. The number of nitrogens with two attached hydrogens (primary N) is 1. The van der Waals surface area contributed by atoms with Crippen molar-refractivity contribution in [2.75, 3.05) is 0 Å². The fraction of sp³-hybridized carbons (Fsp3) is 0.500. The van der Waals surface area contributed by atoms with E-state index in [1.165, 1.54) is 6.07 Å². The van der Waals surface area contributed by atoms with Crippen molar-refractivity contribution in [1.29, 1.82) is 0 Å². The van der Waals surface area contributed by atoms with Crippen LogP contribution in [0.3, 0.4) is 0 Å². The summed E-state index contributed by atoms with van der Waals surface area (Å²) >= 11 is 0. The molecule has 3 nitrogen and oxygen atoms in total. The monoisotopic (exact) mass is 247 g/mol. The van der Waals surface area contributed by atoms with Crippen molar-refractivity contribution in [3.63, 3.8) is 0 Å². The molecule has 3 N–H and O–H groups in total. The van der Waals surface area contributed by atoms with Gasteiger partial charge in [0.25, 0.3) is 0 Å². The molecule has 0 spiro atoms. The lowest BCUT2D eigenvalue weighted by Gasteiger charge is -2.36. The molecule has 2 aliphatic rings. The SMILES string of the molecule is NC(=NC1CC1)NC1CC(c2ccccc2F)C1. The minimum Gasteiger partial charge on any atom is -0.370 e. The second-order valence-corrected chi connectivity index (χ2v) is 5.28. The number of halogens is 1. The quantitative estimate of drug-likeness (QED) is 0.635. The first kappa shape index (κ1) is 11.5. The Morgan fingerprint density at radius 1 is 1.28 bits per heavy atom. The molecule has 0 aromatic heterocycles. The molecule has 0 amide bonds. The Hall–Kier alpha value is -1.58. The fourth-order valence-corrected chi connectivity index (χ4v) is 2.44. The Morgan fingerprint density at radius 3 is 2.67 bits per heavy atom. The van der Waals surface area contributed by atoms with Gasteiger partial charge < -0.3 is 11.1 Å². The van der Waals surface area contributed by atoms with Crippen molar-refractivity contribution in [2.45, 2.75) is 43.7 Å². The lowest BCUT2D eigenvalue weighted by Crippen LogP contribution is -2.46. The van der Waals surface area contributed by atoms with Gasteiger partial charge in [-0.15, -0.1) is 0 Å². The van der Waals surface area contributed by atoms with Gasteiger partial charge in [0, 0.05) is 6.04 Å². The molecule has 4 heteroatoms. The van der Waals surface area contributed by atoms with Crippen LogP contribution in [0.5, 0.6) is 0 Å². The summed E-state index contributed by atoms with van der Waals surface area (Å²) in [6, 6.07) is 7.81. The minimum atomic E-state index is -0.0967. The van der Waals surface area contributed by atoms with Gasteiger partial charge in [-0.05, 0) is 43.2 Å². The molecule has 0 heterocycles. The maximum atomic E-state index is 13.6. The lowest BCUT2D eigenvalue weighted by atomic mass is 9.76. The predicted octanol–water partition coefficient (Wildman–Crippen LogP) is 2.14. The molecule has 0 unspecified atom stereocenters. The summed E-state index contributed by atoms with van der Waals surface area (Å²) in [5, 5.41) is 3.21. The third-order valence-electron chi connectivity index (χ3n) is 3.70. The third-order valence-corrected chi connectivity index (χ3v) is 3.70. The summed E-state index contributed by atoms with van der Waals surface area (Å²) in [4.78, 5) is 4.33.